The van der Waals surface area contributed by atoms with Gasteiger partial charge in [0.1, 0.15) is 11.4 Å². The van der Waals surface area contributed by atoms with E-state index in [1.807, 2.05) is 29.6 Å². The third-order valence-corrected chi connectivity index (χ3v) is 3.94. The minimum absolute atomic E-state index is 0.159. The Morgan fingerprint density at radius 1 is 1.30 bits per heavy atom. The number of rotatable bonds is 3. The van der Waals surface area contributed by atoms with Gasteiger partial charge in [0.2, 0.25) is 0 Å². The molecule has 2 aromatic heterocycles. The molecule has 0 aliphatic rings. The highest BCUT2D eigenvalue weighted by molar-refractivity contribution is 7.17. The van der Waals surface area contributed by atoms with Crippen molar-refractivity contribution in [1.29, 1.82) is 0 Å². The van der Waals surface area contributed by atoms with Gasteiger partial charge in [0.25, 0.3) is 5.91 Å². The van der Waals surface area contributed by atoms with E-state index in [2.05, 4.69) is 10.3 Å². The molecule has 2 heterocycles. The first-order valence-corrected chi connectivity index (χ1v) is 6.93. The van der Waals surface area contributed by atoms with Crippen LogP contribution in [0.2, 0.25) is 0 Å². The first-order valence-electron chi connectivity index (χ1n) is 6.05. The molecule has 0 bridgehead atoms. The molecule has 1 aromatic carbocycles. The highest BCUT2D eigenvalue weighted by Gasteiger charge is 2.13. The van der Waals surface area contributed by atoms with E-state index < -0.39 is 0 Å². The number of amides is 1. The highest BCUT2D eigenvalue weighted by Crippen LogP contribution is 2.28. The van der Waals surface area contributed by atoms with E-state index in [0.717, 1.165) is 10.1 Å². The number of nitrogens with zero attached hydrogens (tertiary/aromatic N) is 1. The van der Waals surface area contributed by atoms with Crippen molar-refractivity contribution >= 4 is 33.0 Å². The van der Waals surface area contributed by atoms with Gasteiger partial charge in [0.05, 0.1) is 18.9 Å². The van der Waals surface area contributed by atoms with Gasteiger partial charge in [-0.15, -0.1) is 11.3 Å². The van der Waals surface area contributed by atoms with Crippen LogP contribution in [0.25, 0.3) is 10.1 Å². The first-order chi connectivity index (χ1) is 9.79. The van der Waals surface area contributed by atoms with Crippen molar-refractivity contribution in [2.45, 2.75) is 0 Å². The standard InChI is InChI=1S/C15H12N2O2S/c1-19-13-6-7-16-8-12(13)17-15(18)11-9-20-14-5-3-2-4-10(11)14/h2-9H,1H3,(H,17,18). The van der Waals surface area contributed by atoms with Crippen LogP contribution in [0.5, 0.6) is 5.75 Å². The number of methoxy groups -OCH3 is 1. The lowest BCUT2D eigenvalue weighted by atomic mass is 10.1. The summed E-state index contributed by atoms with van der Waals surface area (Å²) in [4.78, 5) is 16.4. The summed E-state index contributed by atoms with van der Waals surface area (Å²) in [6, 6.07) is 9.55. The second kappa shape index (κ2) is 5.30. The molecule has 0 saturated heterocycles. The lowest BCUT2D eigenvalue weighted by Crippen LogP contribution is -2.12. The molecule has 0 fully saturated rings. The van der Waals surface area contributed by atoms with E-state index in [4.69, 9.17) is 4.74 Å². The molecule has 100 valence electrons. The summed E-state index contributed by atoms with van der Waals surface area (Å²) in [6.07, 6.45) is 3.19. The number of pyridine rings is 1. The number of carbonyl (C=O) groups is 1. The van der Waals surface area contributed by atoms with Crippen molar-refractivity contribution in [3.63, 3.8) is 0 Å². The molecular weight excluding hydrogens is 272 g/mol. The van der Waals surface area contributed by atoms with E-state index in [0.29, 0.717) is 17.0 Å². The number of aromatic nitrogens is 1. The van der Waals surface area contributed by atoms with Gasteiger partial charge in [0.15, 0.2) is 0 Å². The van der Waals surface area contributed by atoms with Crippen LogP contribution in [0, 0.1) is 0 Å². The maximum absolute atomic E-state index is 12.4. The molecule has 1 N–H and O–H groups in total. The Bertz CT molecular complexity index is 767. The molecule has 3 rings (SSSR count). The first kappa shape index (κ1) is 12.6. The average molecular weight is 284 g/mol. The highest BCUT2D eigenvalue weighted by atomic mass is 32.1. The zero-order valence-electron chi connectivity index (χ0n) is 10.8. The molecule has 0 atom stereocenters. The quantitative estimate of drug-likeness (QED) is 0.800. The van der Waals surface area contributed by atoms with Crippen molar-refractivity contribution in [3.05, 3.63) is 53.7 Å². The number of carbonyl (C=O) groups excluding carboxylic acids is 1. The van der Waals surface area contributed by atoms with Gasteiger partial charge >= 0.3 is 0 Å². The van der Waals surface area contributed by atoms with Crippen molar-refractivity contribution < 1.29 is 9.53 Å². The minimum atomic E-state index is -0.159. The second-order valence-electron chi connectivity index (χ2n) is 4.18. The Balaban J connectivity index is 1.93. The fraction of sp³-hybridized carbons (Fsp3) is 0.0667. The van der Waals surface area contributed by atoms with Crippen LogP contribution in [0.3, 0.4) is 0 Å². The smallest absolute Gasteiger partial charge is 0.257 e. The molecular formula is C15H12N2O2S. The zero-order chi connectivity index (χ0) is 13.9. The molecule has 3 aromatic rings. The minimum Gasteiger partial charge on any atom is -0.494 e. The second-order valence-corrected chi connectivity index (χ2v) is 5.09. The number of benzene rings is 1. The number of nitrogens with one attached hydrogen (secondary N) is 1. The van der Waals surface area contributed by atoms with E-state index in [1.54, 1.807) is 36.9 Å². The molecule has 4 nitrogen and oxygen atoms in total. The molecule has 20 heavy (non-hydrogen) atoms. The summed E-state index contributed by atoms with van der Waals surface area (Å²) in [5.41, 5.74) is 1.23. The van der Waals surface area contributed by atoms with Crippen molar-refractivity contribution in [2.24, 2.45) is 0 Å². The van der Waals surface area contributed by atoms with Crippen LogP contribution in [0.1, 0.15) is 10.4 Å². The van der Waals surface area contributed by atoms with Crippen LogP contribution in [-0.4, -0.2) is 18.0 Å². The Labute approximate surface area is 120 Å². The van der Waals surface area contributed by atoms with Crippen LogP contribution < -0.4 is 10.1 Å². The van der Waals surface area contributed by atoms with Gasteiger partial charge in [-0.25, -0.2) is 0 Å². The Kier molecular flexibility index (Phi) is 3.35. The van der Waals surface area contributed by atoms with Crippen molar-refractivity contribution in [1.82, 2.24) is 4.98 Å². The van der Waals surface area contributed by atoms with E-state index >= 15 is 0 Å². The monoisotopic (exact) mass is 284 g/mol. The fourth-order valence-electron chi connectivity index (χ4n) is 2.00. The molecule has 0 radical (unpaired) electrons. The topological polar surface area (TPSA) is 51.2 Å². The molecule has 1 amide bonds. The molecule has 5 heteroatoms. The van der Waals surface area contributed by atoms with Gasteiger partial charge in [-0.3, -0.25) is 9.78 Å². The normalized spacial score (nSPS) is 10.4. The summed E-state index contributed by atoms with van der Waals surface area (Å²) < 4.78 is 6.29. The summed E-state index contributed by atoms with van der Waals surface area (Å²) >= 11 is 1.56. The number of hydrogen-bond donors (Lipinski definition) is 1. The summed E-state index contributed by atoms with van der Waals surface area (Å²) in [5, 5.41) is 5.66. The third-order valence-electron chi connectivity index (χ3n) is 2.97. The van der Waals surface area contributed by atoms with E-state index in [1.165, 1.54) is 0 Å². The molecule has 0 unspecified atom stereocenters. The van der Waals surface area contributed by atoms with Crippen LogP contribution in [0.15, 0.2) is 48.1 Å². The van der Waals surface area contributed by atoms with Gasteiger partial charge in [-0.1, -0.05) is 18.2 Å². The summed E-state index contributed by atoms with van der Waals surface area (Å²) in [6.45, 7) is 0. The largest absolute Gasteiger partial charge is 0.494 e. The van der Waals surface area contributed by atoms with Crippen LogP contribution in [-0.2, 0) is 0 Å². The van der Waals surface area contributed by atoms with E-state index in [-0.39, 0.29) is 5.91 Å². The summed E-state index contributed by atoms with van der Waals surface area (Å²) in [5.74, 6) is 0.432. The maximum Gasteiger partial charge on any atom is 0.257 e. The van der Waals surface area contributed by atoms with Gasteiger partial charge in [-0.2, -0.15) is 0 Å². The average Bonchev–Trinajstić information content (AvgIpc) is 2.92. The maximum atomic E-state index is 12.4. The number of anilines is 1. The number of ether oxygens (including phenoxy) is 1. The predicted octanol–water partition coefficient (Wildman–Crippen LogP) is 3.56. The third kappa shape index (κ3) is 2.23. The number of thiophene rings is 1. The van der Waals surface area contributed by atoms with Gasteiger partial charge in [-0.05, 0) is 6.07 Å². The zero-order valence-corrected chi connectivity index (χ0v) is 11.6. The Morgan fingerprint density at radius 3 is 3.00 bits per heavy atom. The fourth-order valence-corrected chi connectivity index (χ4v) is 2.94. The molecule has 0 aliphatic carbocycles. The van der Waals surface area contributed by atoms with Crippen molar-refractivity contribution in [3.8, 4) is 5.75 Å². The Hall–Kier alpha value is -2.40. The van der Waals surface area contributed by atoms with Gasteiger partial charge < -0.3 is 10.1 Å². The SMILES string of the molecule is COc1ccncc1NC(=O)c1csc2ccccc12. The van der Waals surface area contributed by atoms with E-state index in [9.17, 15) is 4.79 Å². The predicted molar refractivity (Wildman–Crippen MR) is 80.6 cm³/mol. The number of fused-ring (bicyclic) bond motifs is 1. The van der Waals surface area contributed by atoms with Crippen LogP contribution >= 0.6 is 11.3 Å². The lowest BCUT2D eigenvalue weighted by molar-refractivity contribution is 0.102. The summed E-state index contributed by atoms with van der Waals surface area (Å²) in [7, 11) is 1.56. The van der Waals surface area contributed by atoms with Crippen molar-refractivity contribution in [2.75, 3.05) is 12.4 Å². The molecule has 0 aliphatic heterocycles. The number of hydrogen-bond acceptors (Lipinski definition) is 4. The molecule has 0 saturated carbocycles. The van der Waals surface area contributed by atoms with Gasteiger partial charge in [0, 0.05) is 27.7 Å². The molecule has 0 spiro atoms. The lowest BCUT2D eigenvalue weighted by Gasteiger charge is -2.08. The van der Waals surface area contributed by atoms with Crippen LogP contribution in [0.4, 0.5) is 5.69 Å². The Morgan fingerprint density at radius 2 is 2.15 bits per heavy atom.